The van der Waals surface area contributed by atoms with Crippen LogP contribution >= 0.6 is 0 Å². The lowest BCUT2D eigenvalue weighted by molar-refractivity contribution is 0.154. The van der Waals surface area contributed by atoms with Gasteiger partial charge in [0.1, 0.15) is 5.82 Å². The molecule has 0 amide bonds. The zero-order valence-electron chi connectivity index (χ0n) is 11.5. The fraction of sp³-hybridized carbons (Fsp3) is 0.750. The van der Waals surface area contributed by atoms with Crippen LogP contribution in [0.25, 0.3) is 0 Å². The first-order valence-electron chi connectivity index (χ1n) is 6.99. The number of piperidine rings is 1. The number of imidazole rings is 1. The summed E-state index contributed by atoms with van der Waals surface area (Å²) in [5, 5.41) is 9.28. The molecule has 1 aromatic heterocycles. The van der Waals surface area contributed by atoms with Gasteiger partial charge in [-0.05, 0) is 19.3 Å². The molecule has 1 atom stereocenters. The summed E-state index contributed by atoms with van der Waals surface area (Å²) in [4.78, 5) is 7.07. The van der Waals surface area contributed by atoms with Crippen molar-refractivity contribution in [3.8, 4) is 0 Å². The minimum Gasteiger partial charge on any atom is -0.395 e. The van der Waals surface area contributed by atoms with Gasteiger partial charge >= 0.3 is 0 Å². The minimum absolute atomic E-state index is 0.118. The lowest BCUT2D eigenvalue weighted by Crippen LogP contribution is -2.50. The second-order valence-electron chi connectivity index (χ2n) is 4.98. The van der Waals surface area contributed by atoms with E-state index < -0.39 is 10.2 Å². The zero-order valence-corrected chi connectivity index (χ0v) is 12.3. The molecule has 1 unspecified atom stereocenters. The van der Waals surface area contributed by atoms with Gasteiger partial charge in [-0.15, -0.1) is 0 Å². The minimum atomic E-state index is -3.49. The number of nitrogens with zero attached hydrogens (tertiary/aromatic N) is 2. The molecule has 8 heteroatoms. The molecule has 114 valence electrons. The molecule has 3 N–H and O–H groups in total. The number of aliphatic hydroxyl groups is 1. The average molecular weight is 302 g/mol. The van der Waals surface area contributed by atoms with Crippen LogP contribution in [0.1, 0.15) is 31.5 Å². The Kier molecular flexibility index (Phi) is 5.53. The van der Waals surface area contributed by atoms with E-state index in [1.165, 1.54) is 4.31 Å². The molecular weight excluding hydrogens is 280 g/mol. The number of hydrogen-bond donors (Lipinski definition) is 3. The Balaban J connectivity index is 1.80. The van der Waals surface area contributed by atoms with Crippen LogP contribution in [-0.4, -0.2) is 53.5 Å². The normalized spacial score (nSPS) is 21.1. The summed E-state index contributed by atoms with van der Waals surface area (Å²) in [6.45, 7) is 0.740. The van der Waals surface area contributed by atoms with E-state index in [0.717, 1.165) is 25.1 Å². The maximum absolute atomic E-state index is 12.2. The summed E-state index contributed by atoms with van der Waals surface area (Å²) in [6.07, 6.45) is 7.37. The first-order valence-corrected chi connectivity index (χ1v) is 8.43. The molecule has 0 radical (unpaired) electrons. The Morgan fingerprint density at radius 3 is 3.05 bits per heavy atom. The molecule has 20 heavy (non-hydrogen) atoms. The van der Waals surface area contributed by atoms with Crippen LogP contribution in [0.15, 0.2) is 12.4 Å². The highest BCUT2D eigenvalue weighted by molar-refractivity contribution is 7.87. The quantitative estimate of drug-likeness (QED) is 0.619. The van der Waals surface area contributed by atoms with Gasteiger partial charge in [0.2, 0.25) is 0 Å². The smallest absolute Gasteiger partial charge is 0.279 e. The molecule has 0 aromatic carbocycles. The van der Waals surface area contributed by atoms with Crippen molar-refractivity contribution in [3.05, 3.63) is 18.2 Å². The number of rotatable bonds is 7. The maximum Gasteiger partial charge on any atom is 0.279 e. The Labute approximate surface area is 119 Å². The Morgan fingerprint density at radius 1 is 1.50 bits per heavy atom. The van der Waals surface area contributed by atoms with Gasteiger partial charge in [-0.1, -0.05) is 6.42 Å². The average Bonchev–Trinajstić information content (AvgIpc) is 2.97. The van der Waals surface area contributed by atoms with Gasteiger partial charge in [0.05, 0.1) is 6.61 Å². The lowest BCUT2D eigenvalue weighted by Gasteiger charge is -2.33. The number of nitrogens with one attached hydrogen (secondary N) is 2. The van der Waals surface area contributed by atoms with Crippen LogP contribution in [0.5, 0.6) is 0 Å². The van der Waals surface area contributed by atoms with Crippen molar-refractivity contribution >= 4 is 10.2 Å². The molecule has 2 rings (SSSR count). The predicted molar refractivity (Wildman–Crippen MR) is 75.3 cm³/mol. The van der Waals surface area contributed by atoms with Crippen LogP contribution in [0.3, 0.4) is 0 Å². The summed E-state index contributed by atoms with van der Waals surface area (Å²) < 4.78 is 28.4. The van der Waals surface area contributed by atoms with Crippen molar-refractivity contribution < 1.29 is 13.5 Å². The Hall–Kier alpha value is -0.960. The van der Waals surface area contributed by atoms with Gasteiger partial charge in [-0.2, -0.15) is 12.7 Å². The van der Waals surface area contributed by atoms with E-state index in [9.17, 15) is 13.5 Å². The third-order valence-corrected chi connectivity index (χ3v) is 5.19. The third kappa shape index (κ3) is 4.02. The van der Waals surface area contributed by atoms with Crippen molar-refractivity contribution in [3.63, 3.8) is 0 Å². The van der Waals surface area contributed by atoms with E-state index in [-0.39, 0.29) is 12.6 Å². The lowest BCUT2D eigenvalue weighted by atomic mass is 10.1. The molecule has 0 bridgehead atoms. The van der Waals surface area contributed by atoms with E-state index in [1.54, 1.807) is 12.4 Å². The fourth-order valence-corrected chi connectivity index (χ4v) is 3.95. The molecule has 7 nitrogen and oxygen atoms in total. The largest absolute Gasteiger partial charge is 0.395 e. The summed E-state index contributed by atoms with van der Waals surface area (Å²) in [5.41, 5.74) is 0. The highest BCUT2D eigenvalue weighted by Crippen LogP contribution is 2.19. The number of aliphatic hydroxyl groups excluding tert-OH is 1. The number of hydrogen-bond acceptors (Lipinski definition) is 4. The molecule has 0 aliphatic carbocycles. The van der Waals surface area contributed by atoms with E-state index >= 15 is 0 Å². The SMILES string of the molecule is O=S(=O)(NCCCc1ncc[nH]1)N1CCCCC1CO. The Bertz CT molecular complexity index is 489. The molecule has 1 aliphatic heterocycles. The van der Waals surface area contributed by atoms with Crippen LogP contribution in [0, 0.1) is 0 Å². The maximum atomic E-state index is 12.2. The first kappa shape index (κ1) is 15.4. The molecule has 0 saturated carbocycles. The van der Waals surface area contributed by atoms with Crippen LogP contribution in [0.4, 0.5) is 0 Å². The van der Waals surface area contributed by atoms with E-state index in [4.69, 9.17) is 0 Å². The van der Waals surface area contributed by atoms with Crippen molar-refractivity contribution in [1.29, 1.82) is 0 Å². The van der Waals surface area contributed by atoms with Gasteiger partial charge in [-0.3, -0.25) is 0 Å². The number of aromatic nitrogens is 2. The second-order valence-corrected chi connectivity index (χ2v) is 6.69. The standard InChI is InChI=1S/C12H22N4O3S/c17-10-11-4-1-2-9-16(11)20(18,19)15-6-3-5-12-13-7-8-14-12/h7-8,11,15,17H,1-6,9-10H2,(H,13,14). The third-order valence-electron chi connectivity index (χ3n) is 3.52. The molecule has 1 fully saturated rings. The molecule has 1 saturated heterocycles. The number of H-pyrrole nitrogens is 1. The van der Waals surface area contributed by atoms with Crippen LogP contribution in [-0.2, 0) is 16.6 Å². The van der Waals surface area contributed by atoms with Gasteiger partial charge in [-0.25, -0.2) is 9.71 Å². The molecule has 2 heterocycles. The highest BCUT2D eigenvalue weighted by Gasteiger charge is 2.31. The van der Waals surface area contributed by atoms with Gasteiger partial charge in [0.15, 0.2) is 0 Å². The summed E-state index contributed by atoms with van der Waals surface area (Å²) in [6, 6.07) is -0.286. The van der Waals surface area contributed by atoms with Crippen molar-refractivity contribution in [2.24, 2.45) is 0 Å². The monoisotopic (exact) mass is 302 g/mol. The zero-order chi connectivity index (χ0) is 14.4. The fourth-order valence-electron chi connectivity index (χ4n) is 2.45. The summed E-state index contributed by atoms with van der Waals surface area (Å²) >= 11 is 0. The van der Waals surface area contributed by atoms with Crippen LogP contribution in [0.2, 0.25) is 0 Å². The van der Waals surface area contributed by atoms with Gasteiger partial charge < -0.3 is 10.1 Å². The number of aromatic amines is 1. The molecule has 1 aromatic rings. The number of aryl methyl sites for hydroxylation is 1. The van der Waals surface area contributed by atoms with Gasteiger partial charge in [0.25, 0.3) is 10.2 Å². The summed E-state index contributed by atoms with van der Waals surface area (Å²) in [5.74, 6) is 0.857. The Morgan fingerprint density at radius 2 is 2.35 bits per heavy atom. The van der Waals surface area contributed by atoms with E-state index in [1.807, 2.05) is 0 Å². The second kappa shape index (κ2) is 7.16. The highest BCUT2D eigenvalue weighted by atomic mass is 32.2. The van der Waals surface area contributed by atoms with Crippen molar-refractivity contribution in [2.75, 3.05) is 19.7 Å². The topological polar surface area (TPSA) is 98.3 Å². The summed E-state index contributed by atoms with van der Waals surface area (Å²) in [7, 11) is -3.49. The van der Waals surface area contributed by atoms with E-state index in [0.29, 0.717) is 25.9 Å². The predicted octanol–water partition coefficient (Wildman–Crippen LogP) is 0.0235. The molecule has 1 aliphatic rings. The van der Waals surface area contributed by atoms with Crippen molar-refractivity contribution in [2.45, 2.75) is 38.1 Å². The van der Waals surface area contributed by atoms with Crippen LogP contribution < -0.4 is 4.72 Å². The molecular formula is C12H22N4O3S. The van der Waals surface area contributed by atoms with Crippen molar-refractivity contribution in [1.82, 2.24) is 19.0 Å². The molecule has 0 spiro atoms. The van der Waals surface area contributed by atoms with E-state index in [2.05, 4.69) is 14.7 Å². The first-order chi connectivity index (χ1) is 9.63. The van der Waals surface area contributed by atoms with Gasteiger partial charge in [0, 0.05) is 37.9 Å².